The maximum absolute atomic E-state index is 12.2. The summed E-state index contributed by atoms with van der Waals surface area (Å²) in [6.07, 6.45) is 0. The van der Waals surface area contributed by atoms with Gasteiger partial charge >= 0.3 is 0 Å². The van der Waals surface area contributed by atoms with Crippen LogP contribution in [-0.2, 0) is 10.0 Å². The van der Waals surface area contributed by atoms with Crippen molar-refractivity contribution in [3.63, 3.8) is 0 Å². The Bertz CT molecular complexity index is 509. The monoisotopic (exact) mass is 298 g/mol. The van der Waals surface area contributed by atoms with Gasteiger partial charge in [0.15, 0.2) is 0 Å². The smallest absolute Gasteiger partial charge is 0.216 e. The summed E-state index contributed by atoms with van der Waals surface area (Å²) >= 11 is 0. The van der Waals surface area contributed by atoms with E-state index in [9.17, 15) is 8.42 Å². The molecule has 2 N–H and O–H groups in total. The molecule has 0 aliphatic carbocycles. The Labute approximate surface area is 123 Å². The van der Waals surface area contributed by atoms with E-state index >= 15 is 0 Å². The van der Waals surface area contributed by atoms with Crippen LogP contribution in [0.1, 0.15) is 44.9 Å². The zero-order valence-corrected chi connectivity index (χ0v) is 13.8. The lowest BCUT2D eigenvalue weighted by molar-refractivity contribution is 0.531. The molecule has 0 amide bonds. The molecule has 4 nitrogen and oxygen atoms in total. The molecule has 114 valence electrons. The van der Waals surface area contributed by atoms with Crippen LogP contribution in [0.5, 0.6) is 0 Å². The molecule has 1 rings (SSSR count). The average molecular weight is 298 g/mol. The fraction of sp³-hybridized carbons (Fsp3) is 0.600. The lowest BCUT2D eigenvalue weighted by Gasteiger charge is -2.20. The lowest BCUT2D eigenvalue weighted by Crippen LogP contribution is -2.41. The number of hydrogen-bond acceptors (Lipinski definition) is 3. The van der Waals surface area contributed by atoms with E-state index in [2.05, 4.69) is 10.0 Å². The molecule has 0 spiro atoms. The van der Waals surface area contributed by atoms with Crippen molar-refractivity contribution in [3.8, 4) is 0 Å². The van der Waals surface area contributed by atoms with Gasteiger partial charge < -0.3 is 5.32 Å². The van der Waals surface area contributed by atoms with Crippen LogP contribution in [0.4, 0.5) is 0 Å². The average Bonchev–Trinajstić information content (AvgIpc) is 2.35. The van der Waals surface area contributed by atoms with Crippen LogP contribution < -0.4 is 10.0 Å². The molecule has 0 fully saturated rings. The number of benzene rings is 1. The van der Waals surface area contributed by atoms with E-state index in [-0.39, 0.29) is 12.1 Å². The van der Waals surface area contributed by atoms with Crippen molar-refractivity contribution in [1.29, 1.82) is 0 Å². The first-order valence-corrected chi connectivity index (χ1v) is 8.58. The second-order valence-electron chi connectivity index (χ2n) is 5.67. The highest BCUT2D eigenvalue weighted by Crippen LogP contribution is 2.15. The summed E-state index contributed by atoms with van der Waals surface area (Å²) in [5.41, 5.74) is 2.14. The predicted molar refractivity (Wildman–Crippen MR) is 84.3 cm³/mol. The van der Waals surface area contributed by atoms with Gasteiger partial charge in [-0.2, -0.15) is 0 Å². The quantitative estimate of drug-likeness (QED) is 0.812. The first kappa shape index (κ1) is 17.1. The Hall–Kier alpha value is -0.910. The number of nitrogens with one attached hydrogen (secondary N) is 2. The molecule has 0 aromatic heterocycles. The van der Waals surface area contributed by atoms with Gasteiger partial charge in [-0.05, 0) is 26.3 Å². The summed E-state index contributed by atoms with van der Waals surface area (Å²) in [5.74, 6) is 0. The molecular formula is C15H26N2O2S. The second kappa shape index (κ2) is 7.20. The molecular weight excluding hydrogens is 272 g/mol. The van der Waals surface area contributed by atoms with Gasteiger partial charge in [0.1, 0.15) is 0 Å². The molecule has 0 heterocycles. The maximum Gasteiger partial charge on any atom is 0.216 e. The Kier molecular flexibility index (Phi) is 6.17. The molecule has 2 atom stereocenters. The summed E-state index contributed by atoms with van der Waals surface area (Å²) in [6, 6.07) is 7.96. The fourth-order valence-electron chi connectivity index (χ4n) is 1.80. The summed E-state index contributed by atoms with van der Waals surface area (Å²) in [7, 11) is -3.33. The Morgan fingerprint density at radius 2 is 1.60 bits per heavy atom. The molecule has 1 aromatic rings. The topological polar surface area (TPSA) is 58.2 Å². The minimum absolute atomic E-state index is 0.220. The van der Waals surface area contributed by atoms with Crippen molar-refractivity contribution in [3.05, 3.63) is 35.4 Å². The van der Waals surface area contributed by atoms with Gasteiger partial charge in [-0.15, -0.1) is 0 Å². The van der Waals surface area contributed by atoms with Gasteiger partial charge in [0.25, 0.3) is 0 Å². The second-order valence-corrected chi connectivity index (χ2v) is 7.80. The molecule has 0 radical (unpaired) electrons. The van der Waals surface area contributed by atoms with Gasteiger partial charge in [-0.1, -0.05) is 43.7 Å². The molecule has 1 aromatic carbocycles. The van der Waals surface area contributed by atoms with Crippen LogP contribution >= 0.6 is 0 Å². The highest BCUT2D eigenvalue weighted by atomic mass is 32.2. The van der Waals surface area contributed by atoms with Crippen LogP contribution in [0.25, 0.3) is 0 Å². The van der Waals surface area contributed by atoms with Crippen molar-refractivity contribution in [2.75, 3.05) is 6.54 Å². The van der Waals surface area contributed by atoms with E-state index in [0.29, 0.717) is 6.54 Å². The Morgan fingerprint density at radius 3 is 2.10 bits per heavy atom. The zero-order valence-electron chi connectivity index (χ0n) is 13.0. The van der Waals surface area contributed by atoms with E-state index in [4.69, 9.17) is 0 Å². The Morgan fingerprint density at radius 1 is 1.05 bits per heavy atom. The minimum atomic E-state index is -3.33. The summed E-state index contributed by atoms with van der Waals surface area (Å²) in [4.78, 5) is 0. The fourth-order valence-corrected chi connectivity index (χ4v) is 2.97. The number of sulfonamides is 1. The van der Waals surface area contributed by atoms with Gasteiger partial charge in [0.05, 0.1) is 5.25 Å². The van der Waals surface area contributed by atoms with E-state index in [1.54, 1.807) is 6.92 Å². The maximum atomic E-state index is 12.2. The molecule has 20 heavy (non-hydrogen) atoms. The van der Waals surface area contributed by atoms with Gasteiger partial charge in [-0.25, -0.2) is 13.1 Å². The van der Waals surface area contributed by atoms with Gasteiger partial charge in [0, 0.05) is 18.6 Å². The Balaban J connectivity index is 2.67. The summed E-state index contributed by atoms with van der Waals surface area (Å²) < 4.78 is 27.2. The van der Waals surface area contributed by atoms with Crippen LogP contribution in [0.15, 0.2) is 24.3 Å². The van der Waals surface area contributed by atoms with Crippen LogP contribution in [0, 0.1) is 6.92 Å². The standard InChI is InChI=1S/C15H26N2O2S/c1-11(2)16-10-13(4)20(18,19)17-14(5)15-8-6-12(3)7-9-15/h6-9,11,13-14,16-17H,10H2,1-5H3. The summed E-state index contributed by atoms with van der Waals surface area (Å²) in [6.45, 7) is 10.1. The summed E-state index contributed by atoms with van der Waals surface area (Å²) in [5, 5.41) is 2.69. The van der Waals surface area contributed by atoms with E-state index in [1.165, 1.54) is 5.56 Å². The number of rotatable bonds is 7. The SMILES string of the molecule is Cc1ccc(C(C)NS(=O)(=O)C(C)CNC(C)C)cc1. The predicted octanol–water partition coefficient (Wildman–Crippen LogP) is 2.36. The van der Waals surface area contributed by atoms with E-state index in [1.807, 2.05) is 52.0 Å². The molecule has 0 saturated carbocycles. The van der Waals surface area contributed by atoms with Crippen molar-refractivity contribution in [2.24, 2.45) is 0 Å². The van der Waals surface area contributed by atoms with Crippen LogP contribution in [0.3, 0.4) is 0 Å². The first-order chi connectivity index (χ1) is 9.22. The largest absolute Gasteiger partial charge is 0.313 e. The molecule has 0 aliphatic heterocycles. The highest BCUT2D eigenvalue weighted by molar-refractivity contribution is 7.90. The highest BCUT2D eigenvalue weighted by Gasteiger charge is 2.23. The normalized spacial score (nSPS) is 15.3. The third-order valence-electron chi connectivity index (χ3n) is 3.26. The molecule has 0 saturated heterocycles. The minimum Gasteiger partial charge on any atom is -0.313 e. The van der Waals surface area contributed by atoms with Crippen LogP contribution in [0.2, 0.25) is 0 Å². The number of hydrogen-bond donors (Lipinski definition) is 2. The molecule has 0 aliphatic rings. The van der Waals surface area contributed by atoms with Gasteiger partial charge in [0.2, 0.25) is 10.0 Å². The van der Waals surface area contributed by atoms with Crippen molar-refractivity contribution >= 4 is 10.0 Å². The van der Waals surface area contributed by atoms with E-state index < -0.39 is 15.3 Å². The number of aryl methyl sites for hydroxylation is 1. The molecule has 0 bridgehead atoms. The molecule has 2 unspecified atom stereocenters. The molecule has 5 heteroatoms. The van der Waals surface area contributed by atoms with Crippen LogP contribution in [-0.4, -0.2) is 26.3 Å². The van der Waals surface area contributed by atoms with E-state index in [0.717, 1.165) is 5.56 Å². The van der Waals surface area contributed by atoms with Gasteiger partial charge in [-0.3, -0.25) is 0 Å². The van der Waals surface area contributed by atoms with Crippen molar-refractivity contribution in [1.82, 2.24) is 10.0 Å². The third-order valence-corrected chi connectivity index (χ3v) is 5.17. The first-order valence-electron chi connectivity index (χ1n) is 7.03. The zero-order chi connectivity index (χ0) is 15.3. The lowest BCUT2D eigenvalue weighted by atomic mass is 10.1. The van der Waals surface area contributed by atoms with Crippen molar-refractivity contribution < 1.29 is 8.42 Å². The third kappa shape index (κ3) is 5.23. The van der Waals surface area contributed by atoms with Crippen molar-refractivity contribution in [2.45, 2.75) is 52.0 Å².